The van der Waals surface area contributed by atoms with Gasteiger partial charge in [0.1, 0.15) is 0 Å². The lowest BCUT2D eigenvalue weighted by molar-refractivity contribution is -0.0777. The van der Waals surface area contributed by atoms with Crippen LogP contribution in [0.3, 0.4) is 0 Å². The zero-order valence-corrected chi connectivity index (χ0v) is 16.6. The summed E-state index contributed by atoms with van der Waals surface area (Å²) in [6, 6.07) is 4.96. The van der Waals surface area contributed by atoms with Crippen LogP contribution >= 0.6 is 0 Å². The van der Waals surface area contributed by atoms with Crippen LogP contribution in [-0.4, -0.2) is 58.9 Å². The third-order valence-corrected chi connectivity index (χ3v) is 5.38. The number of imide groups is 1. The van der Waals surface area contributed by atoms with E-state index in [0.29, 0.717) is 42.8 Å². The van der Waals surface area contributed by atoms with Crippen molar-refractivity contribution in [2.45, 2.75) is 58.6 Å². The maximum Gasteiger partial charge on any atom is 0.261 e. The number of carbonyl (C=O) groups excluding carboxylic acids is 3. The third-order valence-electron chi connectivity index (χ3n) is 5.38. The summed E-state index contributed by atoms with van der Waals surface area (Å²) in [4.78, 5) is 41.2. The van der Waals surface area contributed by atoms with Gasteiger partial charge in [-0.2, -0.15) is 0 Å². The third kappa shape index (κ3) is 3.63. The van der Waals surface area contributed by atoms with Gasteiger partial charge in [-0.05, 0) is 58.2 Å². The Balaban J connectivity index is 1.86. The Morgan fingerprint density at radius 1 is 1.22 bits per heavy atom. The van der Waals surface area contributed by atoms with Crippen molar-refractivity contribution in [3.63, 3.8) is 0 Å². The standard InChI is InChI=1S/C21H28N2O4/c1-5-10-23-19(25)16-8-7-14(12-17(16)20(23)26)18(24)22(6-2)15-9-11-27-21(3,4)13-15/h7-8,12,15H,5-6,9-11,13H2,1-4H3. The average molecular weight is 372 g/mol. The van der Waals surface area contributed by atoms with Crippen molar-refractivity contribution < 1.29 is 19.1 Å². The predicted molar refractivity (Wildman–Crippen MR) is 102 cm³/mol. The molecule has 2 aliphatic rings. The first-order chi connectivity index (χ1) is 12.8. The van der Waals surface area contributed by atoms with Gasteiger partial charge in [0.25, 0.3) is 17.7 Å². The molecular weight excluding hydrogens is 344 g/mol. The lowest BCUT2D eigenvalue weighted by Crippen LogP contribution is -2.48. The number of hydrogen-bond donors (Lipinski definition) is 0. The second-order valence-corrected chi connectivity index (χ2v) is 7.87. The first-order valence-electron chi connectivity index (χ1n) is 9.74. The van der Waals surface area contributed by atoms with Crippen molar-refractivity contribution >= 4 is 17.7 Å². The molecule has 6 nitrogen and oxygen atoms in total. The van der Waals surface area contributed by atoms with Crippen LogP contribution in [0.4, 0.5) is 0 Å². The fourth-order valence-electron chi connectivity index (χ4n) is 4.05. The highest BCUT2D eigenvalue weighted by Crippen LogP contribution is 2.29. The molecule has 0 saturated carbocycles. The summed E-state index contributed by atoms with van der Waals surface area (Å²) in [5.74, 6) is -0.673. The summed E-state index contributed by atoms with van der Waals surface area (Å²) in [5, 5.41) is 0. The van der Waals surface area contributed by atoms with E-state index in [1.165, 1.54) is 4.90 Å². The minimum atomic E-state index is -0.304. The van der Waals surface area contributed by atoms with E-state index in [0.717, 1.165) is 12.8 Å². The second-order valence-electron chi connectivity index (χ2n) is 7.87. The summed E-state index contributed by atoms with van der Waals surface area (Å²) < 4.78 is 5.77. The summed E-state index contributed by atoms with van der Waals surface area (Å²) in [7, 11) is 0. The van der Waals surface area contributed by atoms with Gasteiger partial charge in [-0.25, -0.2) is 0 Å². The maximum atomic E-state index is 13.2. The number of amides is 3. The molecule has 1 saturated heterocycles. The number of ether oxygens (including phenoxy) is 1. The SMILES string of the molecule is CCCN1C(=O)c2ccc(C(=O)N(CC)C3CCOC(C)(C)C3)cc2C1=O. The molecule has 6 heteroatoms. The van der Waals surface area contributed by atoms with Crippen LogP contribution in [0.25, 0.3) is 0 Å². The van der Waals surface area contributed by atoms with Crippen molar-refractivity contribution in [1.82, 2.24) is 9.80 Å². The van der Waals surface area contributed by atoms with E-state index in [-0.39, 0.29) is 29.4 Å². The van der Waals surface area contributed by atoms with Crippen molar-refractivity contribution in [2.75, 3.05) is 19.7 Å². The van der Waals surface area contributed by atoms with Gasteiger partial charge < -0.3 is 9.64 Å². The molecule has 3 amide bonds. The van der Waals surface area contributed by atoms with Crippen molar-refractivity contribution in [1.29, 1.82) is 0 Å². The fourth-order valence-corrected chi connectivity index (χ4v) is 4.05. The first kappa shape index (κ1) is 19.5. The van der Waals surface area contributed by atoms with Crippen LogP contribution in [0.5, 0.6) is 0 Å². The number of nitrogens with zero attached hydrogens (tertiary/aromatic N) is 2. The molecule has 0 aliphatic carbocycles. The van der Waals surface area contributed by atoms with Crippen LogP contribution in [0.2, 0.25) is 0 Å². The van der Waals surface area contributed by atoms with Gasteiger partial charge in [0, 0.05) is 31.3 Å². The van der Waals surface area contributed by atoms with E-state index in [1.54, 1.807) is 18.2 Å². The summed E-state index contributed by atoms with van der Waals surface area (Å²) in [6.07, 6.45) is 2.29. The van der Waals surface area contributed by atoms with E-state index < -0.39 is 0 Å². The molecule has 0 bridgehead atoms. The molecular formula is C21H28N2O4. The van der Waals surface area contributed by atoms with Crippen molar-refractivity contribution in [3.05, 3.63) is 34.9 Å². The number of carbonyl (C=O) groups is 3. The second kappa shape index (κ2) is 7.43. The molecule has 27 heavy (non-hydrogen) atoms. The first-order valence-corrected chi connectivity index (χ1v) is 9.74. The summed E-state index contributed by atoms with van der Waals surface area (Å²) in [5.41, 5.74) is 0.930. The molecule has 0 spiro atoms. The van der Waals surface area contributed by atoms with Crippen LogP contribution in [0.15, 0.2) is 18.2 Å². The predicted octanol–water partition coefficient (Wildman–Crippen LogP) is 3.11. The molecule has 0 N–H and O–H groups in total. The van der Waals surface area contributed by atoms with Crippen molar-refractivity contribution in [2.24, 2.45) is 0 Å². The maximum absolute atomic E-state index is 13.2. The Bertz CT molecular complexity index is 771. The van der Waals surface area contributed by atoms with Gasteiger partial charge in [0.2, 0.25) is 0 Å². The van der Waals surface area contributed by atoms with E-state index in [2.05, 4.69) is 0 Å². The number of fused-ring (bicyclic) bond motifs is 1. The lowest BCUT2D eigenvalue weighted by Gasteiger charge is -2.41. The normalized spacial score (nSPS) is 21.3. The zero-order valence-electron chi connectivity index (χ0n) is 16.6. The minimum Gasteiger partial charge on any atom is -0.375 e. The van der Waals surface area contributed by atoms with Crippen LogP contribution < -0.4 is 0 Å². The molecule has 1 unspecified atom stereocenters. The van der Waals surface area contributed by atoms with E-state index in [4.69, 9.17) is 4.74 Å². The van der Waals surface area contributed by atoms with E-state index in [9.17, 15) is 14.4 Å². The Morgan fingerprint density at radius 3 is 2.56 bits per heavy atom. The van der Waals surface area contributed by atoms with Gasteiger partial charge in [-0.15, -0.1) is 0 Å². The quantitative estimate of drug-likeness (QED) is 0.745. The minimum absolute atomic E-state index is 0.0998. The molecule has 0 radical (unpaired) electrons. The molecule has 3 rings (SSSR count). The highest BCUT2D eigenvalue weighted by Gasteiger charge is 2.37. The molecule has 146 valence electrons. The Labute approximate surface area is 160 Å². The average Bonchev–Trinajstić information content (AvgIpc) is 2.86. The molecule has 1 aromatic rings. The zero-order chi connectivity index (χ0) is 19.8. The Morgan fingerprint density at radius 2 is 1.93 bits per heavy atom. The van der Waals surface area contributed by atoms with Gasteiger partial charge in [0.05, 0.1) is 16.7 Å². The Hall–Kier alpha value is -2.21. The Kier molecular flexibility index (Phi) is 5.38. The van der Waals surface area contributed by atoms with Crippen molar-refractivity contribution in [3.8, 4) is 0 Å². The summed E-state index contributed by atoms with van der Waals surface area (Å²) in [6.45, 7) is 9.58. The number of hydrogen-bond acceptors (Lipinski definition) is 4. The molecule has 0 aromatic heterocycles. The van der Waals surface area contributed by atoms with Crippen LogP contribution in [0.1, 0.15) is 78.0 Å². The molecule has 1 fully saturated rings. The molecule has 1 atom stereocenters. The molecule has 2 heterocycles. The topological polar surface area (TPSA) is 66.9 Å². The van der Waals surface area contributed by atoms with E-state index >= 15 is 0 Å². The fraction of sp³-hybridized carbons (Fsp3) is 0.571. The monoisotopic (exact) mass is 372 g/mol. The number of rotatable bonds is 5. The highest BCUT2D eigenvalue weighted by atomic mass is 16.5. The van der Waals surface area contributed by atoms with Crippen LogP contribution in [-0.2, 0) is 4.74 Å². The summed E-state index contributed by atoms with van der Waals surface area (Å²) >= 11 is 0. The van der Waals surface area contributed by atoms with Gasteiger partial charge in [0.15, 0.2) is 0 Å². The highest BCUT2D eigenvalue weighted by molar-refractivity contribution is 6.22. The van der Waals surface area contributed by atoms with E-state index in [1.807, 2.05) is 32.6 Å². The lowest BCUT2D eigenvalue weighted by atomic mass is 9.92. The van der Waals surface area contributed by atoms with Gasteiger partial charge in [-0.1, -0.05) is 6.92 Å². The van der Waals surface area contributed by atoms with Gasteiger partial charge >= 0.3 is 0 Å². The smallest absolute Gasteiger partial charge is 0.261 e. The largest absolute Gasteiger partial charge is 0.375 e. The van der Waals surface area contributed by atoms with Gasteiger partial charge in [-0.3, -0.25) is 19.3 Å². The number of benzene rings is 1. The molecule has 2 aliphatic heterocycles. The van der Waals surface area contributed by atoms with Crippen LogP contribution in [0, 0.1) is 0 Å². The molecule has 1 aromatic carbocycles.